The van der Waals surface area contributed by atoms with E-state index in [0.717, 1.165) is 19.2 Å². The molecule has 0 spiro atoms. The number of rotatable bonds is 3. The van der Waals surface area contributed by atoms with Crippen LogP contribution in [-0.2, 0) is 4.74 Å². The van der Waals surface area contributed by atoms with E-state index < -0.39 is 23.6 Å². The molecule has 0 aliphatic rings. The Balaban J connectivity index is 2.45. The molecule has 0 saturated carbocycles. The molecule has 0 aliphatic carbocycles. The van der Waals surface area contributed by atoms with E-state index >= 15 is 0 Å². The summed E-state index contributed by atoms with van der Waals surface area (Å²) in [5.41, 5.74) is -0.284. The number of methoxy groups -OCH3 is 1. The first-order valence-electron chi connectivity index (χ1n) is 5.98. The number of carbonyl (C=O) groups is 1. The minimum absolute atomic E-state index is 0.00732. The van der Waals surface area contributed by atoms with E-state index in [1.807, 2.05) is 0 Å². The van der Waals surface area contributed by atoms with Crippen LogP contribution in [-0.4, -0.2) is 24.4 Å². The van der Waals surface area contributed by atoms with Crippen molar-refractivity contribution < 1.29 is 27.4 Å². The fourth-order valence-corrected chi connectivity index (χ4v) is 1.87. The van der Waals surface area contributed by atoms with Crippen molar-refractivity contribution in [1.82, 2.24) is 4.98 Å². The molecule has 0 atom stereocenters. The van der Waals surface area contributed by atoms with Crippen LogP contribution in [0.25, 0.3) is 11.1 Å². The van der Waals surface area contributed by atoms with Gasteiger partial charge in [0, 0.05) is 6.20 Å². The zero-order valence-electron chi connectivity index (χ0n) is 11.2. The smallest absolute Gasteiger partial charge is 0.465 e. The van der Waals surface area contributed by atoms with Crippen LogP contribution in [0.15, 0.2) is 41.3 Å². The van der Waals surface area contributed by atoms with Gasteiger partial charge in [-0.05, 0) is 23.8 Å². The highest BCUT2D eigenvalue weighted by Crippen LogP contribution is 2.26. The average molecular weight is 313 g/mol. The second kappa shape index (κ2) is 5.92. The fourth-order valence-electron chi connectivity index (χ4n) is 1.87. The molecule has 1 N–H and O–H groups in total. The second-order valence-corrected chi connectivity index (χ2v) is 4.16. The summed E-state index contributed by atoms with van der Waals surface area (Å²) in [6.45, 7) is 0. The molecule has 0 saturated heterocycles. The Morgan fingerprint density at radius 3 is 2.32 bits per heavy atom. The average Bonchev–Trinajstić information content (AvgIpc) is 2.45. The van der Waals surface area contributed by atoms with Crippen LogP contribution >= 0.6 is 0 Å². The van der Waals surface area contributed by atoms with Crippen molar-refractivity contribution in [2.75, 3.05) is 7.11 Å². The van der Waals surface area contributed by atoms with E-state index in [2.05, 4.69) is 14.5 Å². The highest BCUT2D eigenvalue weighted by Gasteiger charge is 2.31. The molecule has 5 nitrogen and oxygen atoms in total. The van der Waals surface area contributed by atoms with Crippen LogP contribution in [0, 0.1) is 0 Å². The Morgan fingerprint density at radius 2 is 1.77 bits per heavy atom. The number of aromatic nitrogens is 1. The molecule has 1 heterocycles. The summed E-state index contributed by atoms with van der Waals surface area (Å²) in [5, 5.41) is 0. The van der Waals surface area contributed by atoms with Gasteiger partial charge in [0.2, 0.25) is 0 Å². The zero-order valence-corrected chi connectivity index (χ0v) is 11.2. The van der Waals surface area contributed by atoms with Gasteiger partial charge in [0.25, 0.3) is 5.56 Å². The molecule has 8 heteroatoms. The van der Waals surface area contributed by atoms with Crippen molar-refractivity contribution in [3.05, 3.63) is 52.4 Å². The van der Waals surface area contributed by atoms with Crippen LogP contribution in [0.4, 0.5) is 13.2 Å². The number of ether oxygens (including phenoxy) is 2. The molecule has 2 aromatic rings. The normalized spacial score (nSPS) is 11.1. The fraction of sp³-hybridized carbons (Fsp3) is 0.143. The summed E-state index contributed by atoms with van der Waals surface area (Å²) in [6.07, 6.45) is -3.53. The summed E-state index contributed by atoms with van der Waals surface area (Å²) in [5.74, 6) is -1.15. The van der Waals surface area contributed by atoms with Gasteiger partial charge in [-0.3, -0.25) is 4.79 Å². The van der Waals surface area contributed by atoms with Gasteiger partial charge in [0.15, 0.2) is 0 Å². The summed E-state index contributed by atoms with van der Waals surface area (Å²) in [7, 11) is 1.16. The third-order valence-electron chi connectivity index (χ3n) is 2.74. The Bertz CT molecular complexity index is 735. The first-order chi connectivity index (χ1) is 10.3. The lowest BCUT2D eigenvalue weighted by Crippen LogP contribution is -2.17. The number of esters is 1. The van der Waals surface area contributed by atoms with E-state index in [9.17, 15) is 22.8 Å². The van der Waals surface area contributed by atoms with Crippen molar-refractivity contribution in [3.8, 4) is 16.9 Å². The van der Waals surface area contributed by atoms with E-state index in [4.69, 9.17) is 0 Å². The van der Waals surface area contributed by atoms with Crippen LogP contribution in [0.5, 0.6) is 5.75 Å². The number of benzene rings is 1. The Labute approximate surface area is 122 Å². The van der Waals surface area contributed by atoms with Crippen LogP contribution < -0.4 is 10.3 Å². The van der Waals surface area contributed by atoms with Gasteiger partial charge in [0.05, 0.1) is 18.2 Å². The lowest BCUT2D eigenvalue weighted by Gasteiger charge is -2.10. The van der Waals surface area contributed by atoms with Crippen LogP contribution in [0.1, 0.15) is 10.4 Å². The molecule has 0 fully saturated rings. The predicted octanol–water partition coefficient (Wildman–Crippen LogP) is 2.73. The molecule has 116 valence electrons. The second-order valence-electron chi connectivity index (χ2n) is 4.16. The van der Waals surface area contributed by atoms with E-state index in [1.165, 1.54) is 24.4 Å². The quantitative estimate of drug-likeness (QED) is 0.885. The molecule has 0 amide bonds. The maximum Gasteiger partial charge on any atom is 0.573 e. The number of nitrogens with one attached hydrogen (secondary N) is 1. The molecule has 1 aromatic carbocycles. The number of hydrogen-bond donors (Lipinski definition) is 1. The highest BCUT2D eigenvalue weighted by molar-refractivity contribution is 5.96. The first-order valence-corrected chi connectivity index (χ1v) is 5.98. The maximum absolute atomic E-state index is 12.1. The highest BCUT2D eigenvalue weighted by atomic mass is 19.4. The third-order valence-corrected chi connectivity index (χ3v) is 2.74. The van der Waals surface area contributed by atoms with Gasteiger partial charge in [-0.1, -0.05) is 12.1 Å². The lowest BCUT2D eigenvalue weighted by molar-refractivity contribution is -0.274. The van der Waals surface area contributed by atoms with E-state index in [-0.39, 0.29) is 16.7 Å². The maximum atomic E-state index is 12.1. The van der Waals surface area contributed by atoms with Crippen molar-refractivity contribution in [2.45, 2.75) is 6.36 Å². The van der Waals surface area contributed by atoms with Crippen molar-refractivity contribution in [2.24, 2.45) is 0 Å². The van der Waals surface area contributed by atoms with Crippen molar-refractivity contribution >= 4 is 5.97 Å². The first kappa shape index (κ1) is 15.6. The standard InChI is InChI=1S/C14H10F3NO4/c1-21-13(20)10-6-7-18-12(19)11(10)8-2-4-9(5-3-8)22-14(15,16)17/h2-7H,1H3,(H,18,19). The SMILES string of the molecule is COC(=O)c1cc[nH]c(=O)c1-c1ccc(OC(F)(F)F)cc1. The van der Waals surface area contributed by atoms with Gasteiger partial charge in [-0.15, -0.1) is 13.2 Å². The molecule has 0 unspecified atom stereocenters. The molecule has 0 radical (unpaired) electrons. The lowest BCUT2D eigenvalue weighted by atomic mass is 10.0. The topological polar surface area (TPSA) is 68.4 Å². The molecule has 22 heavy (non-hydrogen) atoms. The number of H-pyrrole nitrogens is 1. The molecule has 1 aromatic heterocycles. The largest absolute Gasteiger partial charge is 0.573 e. The van der Waals surface area contributed by atoms with Gasteiger partial charge < -0.3 is 14.5 Å². The Hall–Kier alpha value is -2.77. The summed E-state index contributed by atoms with van der Waals surface area (Å²) in [6, 6.07) is 5.95. The number of halogens is 3. The van der Waals surface area contributed by atoms with Crippen LogP contribution in [0.3, 0.4) is 0 Å². The van der Waals surface area contributed by atoms with E-state index in [1.54, 1.807) is 0 Å². The minimum Gasteiger partial charge on any atom is -0.465 e. The zero-order chi connectivity index (χ0) is 16.3. The Kier molecular flexibility index (Phi) is 4.20. The van der Waals surface area contributed by atoms with Gasteiger partial charge >= 0.3 is 12.3 Å². The minimum atomic E-state index is -4.80. The van der Waals surface area contributed by atoms with Crippen molar-refractivity contribution in [3.63, 3.8) is 0 Å². The third kappa shape index (κ3) is 3.46. The molecular weight excluding hydrogens is 303 g/mol. The molecular formula is C14H10F3NO4. The summed E-state index contributed by atoms with van der Waals surface area (Å²) in [4.78, 5) is 26.0. The number of alkyl halides is 3. The van der Waals surface area contributed by atoms with Gasteiger partial charge in [0.1, 0.15) is 5.75 Å². The van der Waals surface area contributed by atoms with Gasteiger partial charge in [-0.25, -0.2) is 4.79 Å². The van der Waals surface area contributed by atoms with Crippen LogP contribution in [0.2, 0.25) is 0 Å². The van der Waals surface area contributed by atoms with Crippen molar-refractivity contribution in [1.29, 1.82) is 0 Å². The number of aromatic amines is 1. The predicted molar refractivity (Wildman–Crippen MR) is 70.5 cm³/mol. The summed E-state index contributed by atoms with van der Waals surface area (Å²) < 4.78 is 44.6. The monoisotopic (exact) mass is 313 g/mol. The summed E-state index contributed by atoms with van der Waals surface area (Å²) >= 11 is 0. The molecule has 0 aliphatic heterocycles. The molecule has 2 rings (SSSR count). The Morgan fingerprint density at radius 1 is 1.14 bits per heavy atom. The number of hydrogen-bond acceptors (Lipinski definition) is 4. The van der Waals surface area contributed by atoms with Gasteiger partial charge in [-0.2, -0.15) is 0 Å². The number of carbonyl (C=O) groups excluding carboxylic acids is 1. The molecule has 0 bridgehead atoms. The number of pyridine rings is 1. The van der Waals surface area contributed by atoms with E-state index in [0.29, 0.717) is 0 Å².